The Bertz CT molecular complexity index is 653. The Kier molecular flexibility index (Phi) is 7.02. The summed E-state index contributed by atoms with van der Waals surface area (Å²) in [7, 11) is 0. The van der Waals surface area contributed by atoms with Crippen LogP contribution < -0.4 is 0 Å². The lowest BCUT2D eigenvalue weighted by atomic mass is 9.96. The zero-order valence-electron chi connectivity index (χ0n) is 16.6. The third-order valence-corrected chi connectivity index (χ3v) is 5.48. The first-order valence-corrected chi connectivity index (χ1v) is 10.1. The number of benzene rings is 2. The van der Waals surface area contributed by atoms with E-state index < -0.39 is 0 Å². The van der Waals surface area contributed by atoms with Crippen molar-refractivity contribution in [1.29, 1.82) is 0 Å². The second kappa shape index (κ2) is 9.67. The number of nitrogens with zero attached hydrogens (tertiary/aromatic N) is 3. The monoisotopic (exact) mass is 365 g/mol. The minimum absolute atomic E-state index is 0.246. The average molecular weight is 366 g/mol. The summed E-state index contributed by atoms with van der Waals surface area (Å²) in [6, 6.07) is 21.7. The van der Waals surface area contributed by atoms with Gasteiger partial charge in [0.05, 0.1) is 12.6 Å². The van der Waals surface area contributed by atoms with E-state index in [2.05, 4.69) is 70.5 Å². The van der Waals surface area contributed by atoms with Gasteiger partial charge in [0.15, 0.2) is 0 Å². The van der Waals surface area contributed by atoms with Gasteiger partial charge in [0.1, 0.15) is 0 Å². The molecule has 3 rings (SSSR count). The maximum absolute atomic E-state index is 12.4. The van der Waals surface area contributed by atoms with Crippen LogP contribution in [-0.4, -0.2) is 66.4 Å². The smallest absolute Gasteiger partial charge is 0.236 e. The summed E-state index contributed by atoms with van der Waals surface area (Å²) >= 11 is 0. The molecule has 2 aromatic rings. The second-order valence-corrected chi connectivity index (χ2v) is 7.10. The number of hydrogen-bond acceptors (Lipinski definition) is 3. The molecule has 0 aliphatic carbocycles. The van der Waals surface area contributed by atoms with Crippen LogP contribution in [0.4, 0.5) is 0 Å². The van der Waals surface area contributed by atoms with Crippen LogP contribution >= 0.6 is 0 Å². The second-order valence-electron chi connectivity index (χ2n) is 7.10. The van der Waals surface area contributed by atoms with Gasteiger partial charge in [0.25, 0.3) is 0 Å². The molecule has 1 aliphatic heterocycles. The molecular weight excluding hydrogens is 334 g/mol. The molecule has 0 saturated carbocycles. The fourth-order valence-corrected chi connectivity index (χ4v) is 3.93. The molecule has 0 unspecified atom stereocenters. The topological polar surface area (TPSA) is 26.8 Å². The summed E-state index contributed by atoms with van der Waals surface area (Å²) in [6.45, 7) is 10.0. The quantitative estimate of drug-likeness (QED) is 0.753. The summed E-state index contributed by atoms with van der Waals surface area (Å²) in [4.78, 5) is 19.2. The standard InChI is InChI=1S/C23H31N3O/c1-3-25(4-2)22(27)19-24-15-17-26(18-16-24)23(20-11-7-5-8-12-20)21-13-9-6-10-14-21/h5-14,23H,3-4,15-19H2,1-2H3. The Balaban J connectivity index is 1.68. The van der Waals surface area contributed by atoms with E-state index >= 15 is 0 Å². The van der Waals surface area contributed by atoms with E-state index in [0.717, 1.165) is 39.3 Å². The molecule has 1 heterocycles. The normalized spacial score (nSPS) is 15.8. The van der Waals surface area contributed by atoms with Crippen LogP contribution in [0.1, 0.15) is 31.0 Å². The lowest BCUT2D eigenvalue weighted by Crippen LogP contribution is -2.51. The first kappa shape index (κ1) is 19.6. The van der Waals surface area contributed by atoms with Crippen molar-refractivity contribution in [2.75, 3.05) is 45.8 Å². The Morgan fingerprint density at radius 3 is 1.78 bits per heavy atom. The molecule has 1 aliphatic rings. The molecule has 4 heteroatoms. The van der Waals surface area contributed by atoms with Crippen molar-refractivity contribution in [3.8, 4) is 0 Å². The van der Waals surface area contributed by atoms with E-state index in [1.165, 1.54) is 11.1 Å². The molecule has 0 aromatic heterocycles. The minimum Gasteiger partial charge on any atom is -0.342 e. The van der Waals surface area contributed by atoms with Crippen molar-refractivity contribution in [2.45, 2.75) is 19.9 Å². The zero-order chi connectivity index (χ0) is 19.1. The molecule has 2 aromatic carbocycles. The zero-order valence-corrected chi connectivity index (χ0v) is 16.6. The predicted octanol–water partition coefficient (Wildman–Crippen LogP) is 3.26. The number of carbonyl (C=O) groups excluding carboxylic acids is 1. The van der Waals surface area contributed by atoms with E-state index in [1.54, 1.807) is 0 Å². The predicted molar refractivity (Wildman–Crippen MR) is 111 cm³/mol. The molecule has 0 bridgehead atoms. The Morgan fingerprint density at radius 2 is 1.33 bits per heavy atom. The highest BCUT2D eigenvalue weighted by Gasteiger charge is 2.27. The highest BCUT2D eigenvalue weighted by atomic mass is 16.2. The van der Waals surface area contributed by atoms with E-state index in [0.29, 0.717) is 6.54 Å². The Hall–Kier alpha value is -2.17. The number of rotatable bonds is 7. The lowest BCUT2D eigenvalue weighted by molar-refractivity contribution is -0.132. The highest BCUT2D eigenvalue weighted by molar-refractivity contribution is 5.78. The molecule has 0 radical (unpaired) electrons. The SMILES string of the molecule is CCN(CC)C(=O)CN1CCN(C(c2ccccc2)c2ccccc2)CC1. The van der Waals surface area contributed by atoms with Gasteiger partial charge in [0.2, 0.25) is 5.91 Å². The minimum atomic E-state index is 0.246. The summed E-state index contributed by atoms with van der Waals surface area (Å²) in [6.07, 6.45) is 0. The Morgan fingerprint density at radius 1 is 0.852 bits per heavy atom. The molecule has 0 atom stereocenters. The molecule has 0 N–H and O–H groups in total. The maximum atomic E-state index is 12.4. The van der Waals surface area contributed by atoms with Gasteiger partial charge >= 0.3 is 0 Å². The molecule has 4 nitrogen and oxygen atoms in total. The maximum Gasteiger partial charge on any atom is 0.236 e. The summed E-state index contributed by atoms with van der Waals surface area (Å²) in [5.74, 6) is 0.246. The molecule has 1 saturated heterocycles. The van der Waals surface area contributed by atoms with E-state index in [4.69, 9.17) is 0 Å². The highest BCUT2D eigenvalue weighted by Crippen LogP contribution is 2.29. The van der Waals surface area contributed by atoms with Crippen molar-refractivity contribution < 1.29 is 4.79 Å². The van der Waals surface area contributed by atoms with Gasteiger partial charge in [-0.1, -0.05) is 60.7 Å². The van der Waals surface area contributed by atoms with Gasteiger partial charge in [-0.05, 0) is 25.0 Å². The van der Waals surface area contributed by atoms with Crippen LogP contribution in [-0.2, 0) is 4.79 Å². The third-order valence-electron chi connectivity index (χ3n) is 5.48. The van der Waals surface area contributed by atoms with Gasteiger partial charge in [-0.3, -0.25) is 14.6 Å². The van der Waals surface area contributed by atoms with Crippen LogP contribution in [0.2, 0.25) is 0 Å². The molecule has 1 fully saturated rings. The largest absolute Gasteiger partial charge is 0.342 e. The van der Waals surface area contributed by atoms with E-state index in [9.17, 15) is 4.79 Å². The molecule has 27 heavy (non-hydrogen) atoms. The van der Waals surface area contributed by atoms with Gasteiger partial charge in [-0.25, -0.2) is 0 Å². The summed E-state index contributed by atoms with van der Waals surface area (Å²) < 4.78 is 0. The number of likely N-dealkylation sites (N-methyl/N-ethyl adjacent to an activating group) is 1. The van der Waals surface area contributed by atoms with Gasteiger partial charge in [-0.15, -0.1) is 0 Å². The van der Waals surface area contributed by atoms with Crippen LogP contribution in [0.5, 0.6) is 0 Å². The first-order valence-electron chi connectivity index (χ1n) is 10.1. The van der Waals surface area contributed by atoms with Crippen molar-refractivity contribution in [1.82, 2.24) is 14.7 Å². The number of amides is 1. The summed E-state index contributed by atoms with van der Waals surface area (Å²) in [5.41, 5.74) is 2.66. The average Bonchev–Trinajstić information content (AvgIpc) is 2.72. The van der Waals surface area contributed by atoms with E-state index in [1.807, 2.05) is 18.7 Å². The van der Waals surface area contributed by atoms with Gasteiger partial charge in [0, 0.05) is 39.3 Å². The van der Waals surface area contributed by atoms with Crippen LogP contribution in [0.3, 0.4) is 0 Å². The van der Waals surface area contributed by atoms with Crippen LogP contribution in [0.25, 0.3) is 0 Å². The molecule has 0 spiro atoms. The number of carbonyl (C=O) groups is 1. The van der Waals surface area contributed by atoms with Gasteiger partial charge < -0.3 is 4.90 Å². The molecule has 1 amide bonds. The third kappa shape index (κ3) is 4.96. The van der Waals surface area contributed by atoms with Crippen molar-refractivity contribution in [3.63, 3.8) is 0 Å². The first-order chi connectivity index (χ1) is 13.2. The van der Waals surface area contributed by atoms with Gasteiger partial charge in [-0.2, -0.15) is 0 Å². The van der Waals surface area contributed by atoms with Crippen LogP contribution in [0.15, 0.2) is 60.7 Å². The Labute approximate surface area is 163 Å². The van der Waals surface area contributed by atoms with E-state index in [-0.39, 0.29) is 11.9 Å². The van der Waals surface area contributed by atoms with Crippen molar-refractivity contribution >= 4 is 5.91 Å². The van der Waals surface area contributed by atoms with Crippen LogP contribution in [0, 0.1) is 0 Å². The number of hydrogen-bond donors (Lipinski definition) is 0. The lowest BCUT2D eigenvalue weighted by Gasteiger charge is -2.40. The fourth-order valence-electron chi connectivity index (χ4n) is 3.93. The van der Waals surface area contributed by atoms with Crippen molar-refractivity contribution in [2.24, 2.45) is 0 Å². The van der Waals surface area contributed by atoms with Crippen molar-refractivity contribution in [3.05, 3.63) is 71.8 Å². The summed E-state index contributed by atoms with van der Waals surface area (Å²) in [5, 5.41) is 0. The fraction of sp³-hybridized carbons (Fsp3) is 0.435. The molecule has 144 valence electrons. The molecular formula is C23H31N3O. The number of piperazine rings is 1.